The van der Waals surface area contributed by atoms with Crippen LogP contribution in [0, 0.1) is 0 Å². The molecule has 1 unspecified atom stereocenters. The van der Waals surface area contributed by atoms with Crippen molar-refractivity contribution in [1.29, 1.82) is 0 Å². The van der Waals surface area contributed by atoms with Gasteiger partial charge >= 0.3 is 0 Å². The van der Waals surface area contributed by atoms with E-state index < -0.39 is 5.60 Å². The van der Waals surface area contributed by atoms with Gasteiger partial charge in [-0.25, -0.2) is 4.98 Å². The molecular formula is C14H24N4O2. The molecule has 1 amide bonds. The molecule has 0 bridgehead atoms. The van der Waals surface area contributed by atoms with Crippen LogP contribution >= 0.6 is 0 Å². The van der Waals surface area contributed by atoms with E-state index in [1.807, 2.05) is 19.0 Å². The van der Waals surface area contributed by atoms with Crippen molar-refractivity contribution < 1.29 is 9.90 Å². The second-order valence-electron chi connectivity index (χ2n) is 5.72. The largest absolute Gasteiger partial charge is 0.387 e. The van der Waals surface area contributed by atoms with E-state index in [9.17, 15) is 9.90 Å². The summed E-state index contributed by atoms with van der Waals surface area (Å²) < 4.78 is 0. The van der Waals surface area contributed by atoms with Gasteiger partial charge in [-0.2, -0.15) is 0 Å². The van der Waals surface area contributed by atoms with E-state index in [2.05, 4.69) is 10.3 Å². The number of pyridine rings is 1. The fraction of sp³-hybridized carbons (Fsp3) is 0.571. The van der Waals surface area contributed by atoms with Crippen molar-refractivity contribution in [2.45, 2.75) is 12.5 Å². The molecule has 0 radical (unpaired) electrons. The summed E-state index contributed by atoms with van der Waals surface area (Å²) in [4.78, 5) is 19.3. The van der Waals surface area contributed by atoms with Crippen molar-refractivity contribution in [3.05, 3.63) is 23.9 Å². The fourth-order valence-electron chi connectivity index (χ4n) is 1.90. The third-order valence-electron chi connectivity index (χ3n) is 2.72. The third-order valence-corrected chi connectivity index (χ3v) is 2.72. The molecule has 0 aliphatic heterocycles. The number of hydrogen-bond acceptors (Lipinski definition) is 5. The van der Waals surface area contributed by atoms with Gasteiger partial charge < -0.3 is 20.2 Å². The van der Waals surface area contributed by atoms with Gasteiger partial charge in [-0.05, 0) is 33.2 Å². The van der Waals surface area contributed by atoms with Gasteiger partial charge in [0.2, 0.25) is 0 Å². The fourth-order valence-corrected chi connectivity index (χ4v) is 1.90. The van der Waals surface area contributed by atoms with Crippen LogP contribution in [-0.2, 0) is 0 Å². The number of likely N-dealkylation sites (N-methyl/N-ethyl adjacent to an activating group) is 1. The highest BCUT2D eigenvalue weighted by molar-refractivity contribution is 5.93. The zero-order chi connectivity index (χ0) is 15.3. The van der Waals surface area contributed by atoms with Gasteiger partial charge in [0.25, 0.3) is 5.91 Å². The molecule has 1 aromatic rings. The van der Waals surface area contributed by atoms with Crippen LogP contribution < -0.4 is 5.32 Å². The number of amides is 1. The van der Waals surface area contributed by atoms with Crippen molar-refractivity contribution >= 4 is 11.7 Å². The number of hydrogen-bond donors (Lipinski definition) is 2. The highest BCUT2D eigenvalue weighted by atomic mass is 16.3. The Morgan fingerprint density at radius 2 is 2.00 bits per heavy atom. The molecule has 0 aliphatic carbocycles. The second kappa shape index (κ2) is 6.67. The van der Waals surface area contributed by atoms with Crippen LogP contribution in [-0.4, -0.2) is 72.7 Å². The first kappa shape index (κ1) is 16.4. The lowest BCUT2D eigenvalue weighted by molar-refractivity contribution is 0.0459. The minimum atomic E-state index is -0.844. The van der Waals surface area contributed by atoms with Gasteiger partial charge in [-0.1, -0.05) is 0 Å². The van der Waals surface area contributed by atoms with E-state index in [1.165, 1.54) is 11.1 Å². The molecule has 1 rings (SSSR count). The first-order chi connectivity index (χ1) is 9.21. The van der Waals surface area contributed by atoms with Gasteiger partial charge in [0.1, 0.15) is 5.82 Å². The average Bonchev–Trinajstić information content (AvgIpc) is 2.34. The Hall–Kier alpha value is -1.66. The normalized spacial score (nSPS) is 13.9. The maximum absolute atomic E-state index is 11.7. The van der Waals surface area contributed by atoms with Crippen molar-refractivity contribution in [3.8, 4) is 0 Å². The van der Waals surface area contributed by atoms with E-state index in [1.54, 1.807) is 33.2 Å². The van der Waals surface area contributed by atoms with Crippen LogP contribution in [0.25, 0.3) is 0 Å². The van der Waals surface area contributed by atoms with Crippen LogP contribution in [0.3, 0.4) is 0 Å². The second-order valence-corrected chi connectivity index (χ2v) is 5.72. The van der Waals surface area contributed by atoms with Gasteiger partial charge in [0.05, 0.1) is 11.2 Å². The number of anilines is 1. The maximum Gasteiger partial charge on any atom is 0.254 e. The van der Waals surface area contributed by atoms with Gasteiger partial charge in [0, 0.05) is 33.4 Å². The molecule has 0 saturated carbocycles. The van der Waals surface area contributed by atoms with Crippen LogP contribution in [0.15, 0.2) is 18.3 Å². The SMILES string of the molecule is CN(C)CC(C)(O)CNc1ccc(C(=O)N(C)C)cn1. The molecule has 0 aliphatic rings. The lowest BCUT2D eigenvalue weighted by Crippen LogP contribution is -2.43. The molecule has 0 spiro atoms. The molecule has 0 saturated heterocycles. The molecule has 6 heteroatoms. The predicted molar refractivity (Wildman–Crippen MR) is 79.9 cm³/mol. The third kappa shape index (κ3) is 5.14. The Morgan fingerprint density at radius 1 is 1.35 bits per heavy atom. The lowest BCUT2D eigenvalue weighted by Gasteiger charge is -2.27. The van der Waals surface area contributed by atoms with Crippen LogP contribution in [0.5, 0.6) is 0 Å². The summed E-state index contributed by atoms with van der Waals surface area (Å²) in [7, 11) is 7.22. The molecule has 1 heterocycles. The summed E-state index contributed by atoms with van der Waals surface area (Å²) in [6.45, 7) is 2.71. The standard InChI is InChI=1S/C14H24N4O2/c1-14(20,10-17(2)3)9-16-12-7-6-11(8-15-12)13(19)18(4)5/h6-8,20H,9-10H2,1-5H3,(H,15,16). The first-order valence-corrected chi connectivity index (χ1v) is 6.50. The quantitative estimate of drug-likeness (QED) is 0.794. The zero-order valence-electron chi connectivity index (χ0n) is 12.8. The molecule has 1 atom stereocenters. The summed E-state index contributed by atoms with van der Waals surface area (Å²) in [6.07, 6.45) is 1.53. The van der Waals surface area contributed by atoms with E-state index in [0.29, 0.717) is 24.5 Å². The van der Waals surface area contributed by atoms with Crippen molar-refractivity contribution in [3.63, 3.8) is 0 Å². The summed E-state index contributed by atoms with van der Waals surface area (Å²) >= 11 is 0. The monoisotopic (exact) mass is 280 g/mol. The van der Waals surface area contributed by atoms with Gasteiger partial charge in [0.15, 0.2) is 0 Å². The Labute approximate surface area is 120 Å². The number of nitrogens with zero attached hydrogens (tertiary/aromatic N) is 3. The van der Waals surface area contributed by atoms with E-state index in [0.717, 1.165) is 0 Å². The lowest BCUT2D eigenvalue weighted by atomic mass is 10.1. The summed E-state index contributed by atoms with van der Waals surface area (Å²) in [5.74, 6) is 0.558. The molecule has 1 aromatic heterocycles. The maximum atomic E-state index is 11.7. The smallest absolute Gasteiger partial charge is 0.254 e. The Kier molecular flexibility index (Phi) is 5.47. The van der Waals surface area contributed by atoms with Crippen molar-refractivity contribution in [2.75, 3.05) is 46.6 Å². The minimum Gasteiger partial charge on any atom is -0.387 e. The van der Waals surface area contributed by atoms with E-state index >= 15 is 0 Å². The molecule has 20 heavy (non-hydrogen) atoms. The number of rotatable bonds is 6. The Balaban J connectivity index is 2.60. The van der Waals surface area contributed by atoms with E-state index in [-0.39, 0.29) is 5.91 Å². The minimum absolute atomic E-state index is 0.0799. The summed E-state index contributed by atoms with van der Waals surface area (Å²) in [5, 5.41) is 13.2. The first-order valence-electron chi connectivity index (χ1n) is 6.50. The van der Waals surface area contributed by atoms with Crippen LogP contribution in [0.2, 0.25) is 0 Å². The van der Waals surface area contributed by atoms with Crippen molar-refractivity contribution in [1.82, 2.24) is 14.8 Å². The van der Waals surface area contributed by atoms with Gasteiger partial charge in [-0.15, -0.1) is 0 Å². The highest BCUT2D eigenvalue weighted by Crippen LogP contribution is 2.10. The Morgan fingerprint density at radius 3 is 2.45 bits per heavy atom. The van der Waals surface area contributed by atoms with Crippen molar-refractivity contribution in [2.24, 2.45) is 0 Å². The van der Waals surface area contributed by atoms with Crippen LogP contribution in [0.4, 0.5) is 5.82 Å². The summed E-state index contributed by atoms with van der Waals surface area (Å²) in [5.41, 5.74) is -0.302. The molecule has 112 valence electrons. The number of nitrogens with one attached hydrogen (secondary N) is 1. The number of carbonyl (C=O) groups is 1. The molecule has 0 fully saturated rings. The van der Waals surface area contributed by atoms with Crippen LogP contribution in [0.1, 0.15) is 17.3 Å². The molecule has 6 nitrogen and oxygen atoms in total. The topological polar surface area (TPSA) is 68.7 Å². The molecule has 0 aromatic carbocycles. The van der Waals surface area contributed by atoms with E-state index in [4.69, 9.17) is 0 Å². The number of aliphatic hydroxyl groups is 1. The number of carbonyl (C=O) groups excluding carboxylic acids is 1. The molecular weight excluding hydrogens is 256 g/mol. The average molecular weight is 280 g/mol. The number of aromatic nitrogens is 1. The zero-order valence-corrected chi connectivity index (χ0v) is 12.8. The Bertz CT molecular complexity index is 441. The summed E-state index contributed by atoms with van der Waals surface area (Å²) in [6, 6.07) is 3.46. The highest BCUT2D eigenvalue weighted by Gasteiger charge is 2.21. The molecule has 2 N–H and O–H groups in total. The van der Waals surface area contributed by atoms with Gasteiger partial charge in [-0.3, -0.25) is 4.79 Å². The predicted octanol–water partition coefficient (Wildman–Crippen LogP) is 0.508.